The molecular weight excluding hydrogens is 210 g/mol. The number of ether oxygens (including phenoxy) is 1. The highest BCUT2D eigenvalue weighted by Crippen LogP contribution is 2.31. The molecule has 2 heteroatoms. The van der Waals surface area contributed by atoms with Crippen LogP contribution in [0.4, 0.5) is 0 Å². The molecule has 0 bridgehead atoms. The van der Waals surface area contributed by atoms with Gasteiger partial charge in [0.2, 0.25) is 0 Å². The van der Waals surface area contributed by atoms with Gasteiger partial charge in [0.05, 0.1) is 6.61 Å². The maximum atomic E-state index is 5.79. The fourth-order valence-electron chi connectivity index (χ4n) is 2.04. The number of hydrogen-bond acceptors (Lipinski definition) is 2. The smallest absolute Gasteiger partial charge is 0.119 e. The Morgan fingerprint density at radius 1 is 1.24 bits per heavy atom. The summed E-state index contributed by atoms with van der Waals surface area (Å²) < 4.78 is 5.79. The van der Waals surface area contributed by atoms with Crippen molar-refractivity contribution in [2.75, 3.05) is 13.7 Å². The normalized spacial score (nSPS) is 23.5. The van der Waals surface area contributed by atoms with Gasteiger partial charge >= 0.3 is 0 Å². The Morgan fingerprint density at radius 3 is 2.35 bits per heavy atom. The first-order valence-corrected chi connectivity index (χ1v) is 6.41. The zero-order valence-electron chi connectivity index (χ0n) is 11.3. The lowest BCUT2D eigenvalue weighted by atomic mass is 9.87. The van der Waals surface area contributed by atoms with Gasteiger partial charge in [0.25, 0.3) is 0 Å². The third-order valence-electron chi connectivity index (χ3n) is 3.48. The highest BCUT2D eigenvalue weighted by atomic mass is 16.5. The Morgan fingerprint density at radius 2 is 1.88 bits per heavy atom. The predicted octanol–water partition coefficient (Wildman–Crippen LogP) is 2.97. The molecule has 94 valence electrons. The average molecular weight is 233 g/mol. The molecule has 2 rings (SSSR count). The van der Waals surface area contributed by atoms with Gasteiger partial charge in [-0.1, -0.05) is 32.9 Å². The van der Waals surface area contributed by atoms with Gasteiger partial charge in [0, 0.05) is 12.0 Å². The maximum Gasteiger partial charge on any atom is 0.119 e. The van der Waals surface area contributed by atoms with Crippen molar-refractivity contribution < 1.29 is 4.74 Å². The summed E-state index contributed by atoms with van der Waals surface area (Å²) in [5.74, 6) is 1.68. The van der Waals surface area contributed by atoms with Crippen LogP contribution in [-0.4, -0.2) is 19.7 Å². The van der Waals surface area contributed by atoms with E-state index in [9.17, 15) is 0 Å². The molecule has 0 aliphatic heterocycles. The van der Waals surface area contributed by atoms with Gasteiger partial charge in [-0.25, -0.2) is 0 Å². The van der Waals surface area contributed by atoms with E-state index in [4.69, 9.17) is 4.74 Å². The molecule has 1 fully saturated rings. The van der Waals surface area contributed by atoms with E-state index >= 15 is 0 Å². The summed E-state index contributed by atoms with van der Waals surface area (Å²) in [4.78, 5) is 0. The van der Waals surface area contributed by atoms with Crippen LogP contribution in [0.2, 0.25) is 0 Å². The molecule has 0 amide bonds. The van der Waals surface area contributed by atoms with E-state index in [-0.39, 0.29) is 5.41 Å². The van der Waals surface area contributed by atoms with Gasteiger partial charge in [0.1, 0.15) is 5.75 Å². The van der Waals surface area contributed by atoms with Gasteiger partial charge in [-0.2, -0.15) is 0 Å². The number of benzene rings is 1. The van der Waals surface area contributed by atoms with E-state index in [1.165, 1.54) is 12.0 Å². The van der Waals surface area contributed by atoms with Crippen molar-refractivity contribution in [2.45, 2.75) is 38.6 Å². The molecule has 1 N–H and O–H groups in total. The van der Waals surface area contributed by atoms with Crippen LogP contribution >= 0.6 is 0 Å². The highest BCUT2D eigenvalue weighted by molar-refractivity contribution is 5.31. The lowest BCUT2D eigenvalue weighted by Gasteiger charge is -2.19. The lowest BCUT2D eigenvalue weighted by molar-refractivity contribution is 0.294. The summed E-state index contributed by atoms with van der Waals surface area (Å²) in [5.41, 5.74) is 1.57. The summed E-state index contributed by atoms with van der Waals surface area (Å²) in [6.07, 6.45) is 1.25. The molecule has 2 unspecified atom stereocenters. The van der Waals surface area contributed by atoms with Gasteiger partial charge < -0.3 is 10.1 Å². The number of nitrogens with one attached hydrogen (secondary N) is 1. The Kier molecular flexibility index (Phi) is 3.43. The molecule has 0 radical (unpaired) electrons. The molecule has 1 aromatic carbocycles. The van der Waals surface area contributed by atoms with E-state index in [2.05, 4.69) is 50.4 Å². The van der Waals surface area contributed by atoms with E-state index in [1.54, 1.807) is 0 Å². The fraction of sp³-hybridized carbons (Fsp3) is 0.600. The first kappa shape index (κ1) is 12.4. The van der Waals surface area contributed by atoms with Crippen molar-refractivity contribution in [1.29, 1.82) is 0 Å². The first-order chi connectivity index (χ1) is 8.00. The molecular formula is C15H23NO. The molecule has 1 aliphatic carbocycles. The van der Waals surface area contributed by atoms with Gasteiger partial charge in [0.15, 0.2) is 0 Å². The second-order valence-corrected chi connectivity index (χ2v) is 5.98. The minimum absolute atomic E-state index is 0.215. The molecule has 1 saturated carbocycles. The van der Waals surface area contributed by atoms with Crippen LogP contribution in [-0.2, 0) is 5.41 Å². The molecule has 2 nitrogen and oxygen atoms in total. The summed E-state index contributed by atoms with van der Waals surface area (Å²) in [6, 6.07) is 9.16. The molecule has 0 heterocycles. The molecule has 0 saturated heterocycles. The van der Waals surface area contributed by atoms with Crippen LogP contribution in [0.25, 0.3) is 0 Å². The van der Waals surface area contributed by atoms with Crippen molar-refractivity contribution in [2.24, 2.45) is 5.92 Å². The largest absolute Gasteiger partial charge is 0.493 e. The maximum absolute atomic E-state index is 5.79. The van der Waals surface area contributed by atoms with Crippen molar-refractivity contribution >= 4 is 0 Å². The van der Waals surface area contributed by atoms with Crippen molar-refractivity contribution in [1.82, 2.24) is 5.32 Å². The van der Waals surface area contributed by atoms with Crippen LogP contribution in [0.5, 0.6) is 5.75 Å². The molecule has 0 aromatic heterocycles. The molecule has 17 heavy (non-hydrogen) atoms. The van der Waals surface area contributed by atoms with Crippen LogP contribution in [0.15, 0.2) is 24.3 Å². The van der Waals surface area contributed by atoms with E-state index < -0.39 is 0 Å². The Labute approximate surface area is 104 Å². The number of hydrogen-bond donors (Lipinski definition) is 1. The Bertz CT molecular complexity index is 364. The zero-order chi connectivity index (χ0) is 12.5. The Hall–Kier alpha value is -1.02. The summed E-state index contributed by atoms with van der Waals surface area (Å²) in [5, 5.41) is 3.27. The predicted molar refractivity (Wildman–Crippen MR) is 71.6 cm³/mol. The molecule has 1 aromatic rings. The average Bonchev–Trinajstić information content (AvgIpc) is 3.04. The van der Waals surface area contributed by atoms with Gasteiger partial charge in [-0.15, -0.1) is 0 Å². The zero-order valence-corrected chi connectivity index (χ0v) is 11.3. The van der Waals surface area contributed by atoms with Crippen molar-refractivity contribution in [3.8, 4) is 5.75 Å². The van der Waals surface area contributed by atoms with E-state index in [1.807, 2.05) is 7.05 Å². The molecule has 0 spiro atoms. The van der Waals surface area contributed by atoms with Crippen LogP contribution in [0.1, 0.15) is 32.8 Å². The Balaban J connectivity index is 1.86. The highest BCUT2D eigenvalue weighted by Gasteiger charge is 2.36. The van der Waals surface area contributed by atoms with Crippen molar-refractivity contribution in [3.05, 3.63) is 29.8 Å². The minimum Gasteiger partial charge on any atom is -0.493 e. The summed E-state index contributed by atoms with van der Waals surface area (Å²) >= 11 is 0. The third-order valence-corrected chi connectivity index (χ3v) is 3.48. The second kappa shape index (κ2) is 4.69. The summed E-state index contributed by atoms with van der Waals surface area (Å²) in [7, 11) is 2.02. The molecule has 2 atom stereocenters. The fourth-order valence-corrected chi connectivity index (χ4v) is 2.04. The minimum atomic E-state index is 0.215. The monoisotopic (exact) mass is 233 g/mol. The standard InChI is InChI=1S/C15H23NO/c1-15(2,3)12-5-7-13(8-6-12)17-10-11-9-14(11)16-4/h5-8,11,14,16H,9-10H2,1-4H3. The number of rotatable bonds is 4. The van der Waals surface area contributed by atoms with Gasteiger partial charge in [-0.05, 0) is 36.6 Å². The van der Waals surface area contributed by atoms with Crippen LogP contribution < -0.4 is 10.1 Å². The van der Waals surface area contributed by atoms with Crippen LogP contribution in [0, 0.1) is 5.92 Å². The quantitative estimate of drug-likeness (QED) is 0.863. The topological polar surface area (TPSA) is 21.3 Å². The molecule has 1 aliphatic rings. The van der Waals surface area contributed by atoms with E-state index in [0.29, 0.717) is 12.0 Å². The third kappa shape index (κ3) is 3.22. The second-order valence-electron chi connectivity index (χ2n) is 5.98. The van der Waals surface area contributed by atoms with Gasteiger partial charge in [-0.3, -0.25) is 0 Å². The first-order valence-electron chi connectivity index (χ1n) is 6.41. The van der Waals surface area contributed by atoms with E-state index in [0.717, 1.165) is 12.4 Å². The SMILES string of the molecule is CNC1CC1COc1ccc(C(C)(C)C)cc1. The van der Waals surface area contributed by atoms with Crippen molar-refractivity contribution in [3.63, 3.8) is 0 Å². The summed E-state index contributed by atoms with van der Waals surface area (Å²) in [6.45, 7) is 7.51. The van der Waals surface area contributed by atoms with Crippen LogP contribution in [0.3, 0.4) is 0 Å². The lowest BCUT2D eigenvalue weighted by Crippen LogP contribution is -2.14.